The third-order valence-electron chi connectivity index (χ3n) is 1.37. The number of aliphatic hydroxyl groups excluding tert-OH is 1. The molecule has 1 N–H and O–H groups in total. The standard InChI is InChI=1S/C6H14O7P2.3Na/c1-6(5-7)3-2-4-14(8,9)13-15(10,11)12;;;/h3,7H,2,4-5H2,1H3,(H,8,9)(H2,10,11,12);;;/q;3*+1/p-3. The minimum absolute atomic E-state index is 0. The van der Waals surface area contributed by atoms with E-state index in [4.69, 9.17) is 5.11 Å². The van der Waals surface area contributed by atoms with E-state index >= 15 is 0 Å². The van der Waals surface area contributed by atoms with Gasteiger partial charge < -0.3 is 33.2 Å². The van der Waals surface area contributed by atoms with Crippen LogP contribution in [0.2, 0.25) is 0 Å². The summed E-state index contributed by atoms with van der Waals surface area (Å²) in [6, 6.07) is 0. The fraction of sp³-hybridized carbons (Fsp3) is 0.667. The zero-order valence-corrected chi connectivity index (χ0v) is 18.8. The fourth-order valence-electron chi connectivity index (χ4n) is 0.727. The molecule has 90 valence electrons. The Bertz CT molecular complexity index is 329. The van der Waals surface area contributed by atoms with Gasteiger partial charge in [-0.1, -0.05) is 11.6 Å². The van der Waals surface area contributed by atoms with Crippen LogP contribution in [0, 0.1) is 0 Å². The summed E-state index contributed by atoms with van der Waals surface area (Å²) < 4.78 is 24.3. The zero-order chi connectivity index (χ0) is 12.1. The van der Waals surface area contributed by atoms with Crippen LogP contribution in [0.25, 0.3) is 0 Å². The zero-order valence-electron chi connectivity index (χ0n) is 11.0. The van der Waals surface area contributed by atoms with E-state index in [2.05, 4.69) is 4.31 Å². The SMILES string of the molecule is CC(=CCCP(=O)([O-])OP(=O)([O-])[O-])CO.[Na+].[Na+].[Na+]. The molecule has 0 saturated heterocycles. The van der Waals surface area contributed by atoms with Crippen molar-refractivity contribution >= 4 is 15.4 Å². The Kier molecular flexibility index (Phi) is 22.0. The second-order valence-electron chi connectivity index (χ2n) is 2.86. The van der Waals surface area contributed by atoms with Gasteiger partial charge in [-0.25, -0.2) is 0 Å². The van der Waals surface area contributed by atoms with Gasteiger partial charge in [0.25, 0.3) is 0 Å². The number of aliphatic hydroxyl groups is 1. The molecule has 0 aromatic carbocycles. The van der Waals surface area contributed by atoms with E-state index in [9.17, 15) is 23.8 Å². The van der Waals surface area contributed by atoms with Crippen molar-refractivity contribution in [2.24, 2.45) is 0 Å². The van der Waals surface area contributed by atoms with Crippen molar-refractivity contribution in [2.45, 2.75) is 13.3 Å². The van der Waals surface area contributed by atoms with Crippen molar-refractivity contribution in [1.29, 1.82) is 0 Å². The first-order valence-electron chi connectivity index (χ1n) is 3.96. The van der Waals surface area contributed by atoms with Gasteiger partial charge in [0.1, 0.15) is 7.60 Å². The summed E-state index contributed by atoms with van der Waals surface area (Å²) in [5.41, 5.74) is 0.544. The van der Waals surface area contributed by atoms with Gasteiger partial charge in [-0.05, 0) is 13.3 Å². The summed E-state index contributed by atoms with van der Waals surface area (Å²) in [7, 11) is -10.1. The van der Waals surface area contributed by atoms with Gasteiger partial charge in [0.05, 0.1) is 14.4 Å². The van der Waals surface area contributed by atoms with Crippen molar-refractivity contribution < 1.29 is 122 Å². The molecule has 0 aliphatic heterocycles. The Morgan fingerprint density at radius 1 is 1.22 bits per heavy atom. The van der Waals surface area contributed by atoms with Crippen molar-refractivity contribution in [3.8, 4) is 0 Å². The van der Waals surface area contributed by atoms with E-state index in [-0.39, 0.29) is 102 Å². The minimum Gasteiger partial charge on any atom is -0.790 e. The molecule has 0 aliphatic rings. The molecule has 0 spiro atoms. The smallest absolute Gasteiger partial charge is 0.790 e. The maximum atomic E-state index is 10.9. The van der Waals surface area contributed by atoms with Gasteiger partial charge in [-0.3, -0.25) is 0 Å². The molecular formula is C6H11Na3O7P2. The van der Waals surface area contributed by atoms with Crippen LogP contribution >= 0.6 is 15.4 Å². The van der Waals surface area contributed by atoms with Crippen LogP contribution in [0.1, 0.15) is 13.3 Å². The van der Waals surface area contributed by atoms with E-state index in [1.54, 1.807) is 6.92 Å². The average molecular weight is 326 g/mol. The quantitative estimate of drug-likeness (QED) is 0.291. The van der Waals surface area contributed by atoms with E-state index in [1.165, 1.54) is 6.08 Å². The first-order valence-corrected chi connectivity index (χ1v) is 7.15. The van der Waals surface area contributed by atoms with Crippen LogP contribution in [0.5, 0.6) is 0 Å². The van der Waals surface area contributed by atoms with E-state index < -0.39 is 21.6 Å². The topological polar surface area (TPSA) is 133 Å². The van der Waals surface area contributed by atoms with E-state index in [0.29, 0.717) is 5.57 Å². The molecule has 0 fully saturated rings. The number of hydrogen-bond donors (Lipinski definition) is 1. The summed E-state index contributed by atoms with van der Waals surface area (Å²) in [6.45, 7) is 1.36. The Morgan fingerprint density at radius 3 is 2.00 bits per heavy atom. The normalized spacial score (nSPS) is 14.6. The fourth-order valence-corrected chi connectivity index (χ4v) is 2.72. The Hall–Kier alpha value is 3.00. The second-order valence-corrected chi connectivity index (χ2v) is 6.08. The largest absolute Gasteiger partial charge is 1.00 e. The van der Waals surface area contributed by atoms with Crippen molar-refractivity contribution in [2.75, 3.05) is 12.8 Å². The van der Waals surface area contributed by atoms with Gasteiger partial charge in [-0.2, -0.15) is 0 Å². The Morgan fingerprint density at radius 2 is 1.67 bits per heavy atom. The predicted molar refractivity (Wildman–Crippen MR) is 46.6 cm³/mol. The molecule has 0 saturated carbocycles. The minimum atomic E-state index is -5.50. The molecule has 0 bridgehead atoms. The van der Waals surface area contributed by atoms with Gasteiger partial charge in [0.2, 0.25) is 0 Å². The van der Waals surface area contributed by atoms with Crippen LogP contribution in [-0.4, -0.2) is 17.9 Å². The number of allylic oxidation sites excluding steroid dienone is 1. The summed E-state index contributed by atoms with van der Waals surface area (Å²) in [6.07, 6.45) is 0.792. The number of phosphoric acid groups is 1. The van der Waals surface area contributed by atoms with Crippen molar-refractivity contribution in [3.05, 3.63) is 11.6 Å². The predicted octanol–water partition coefficient (Wildman–Crippen LogP) is -10.3. The Labute approximate surface area is 172 Å². The molecule has 0 amide bonds. The maximum absolute atomic E-state index is 10.9. The summed E-state index contributed by atoms with van der Waals surface area (Å²) in [5, 5.41) is 8.56. The molecule has 0 rings (SSSR count). The molecule has 0 aromatic rings. The Balaban J connectivity index is -0.000000327. The van der Waals surface area contributed by atoms with Crippen LogP contribution in [0.3, 0.4) is 0 Å². The molecule has 12 heteroatoms. The first kappa shape index (κ1) is 29.1. The average Bonchev–Trinajstić information content (AvgIpc) is 1.98. The van der Waals surface area contributed by atoms with E-state index in [0.717, 1.165) is 0 Å². The molecule has 0 aromatic heterocycles. The van der Waals surface area contributed by atoms with Crippen molar-refractivity contribution in [3.63, 3.8) is 0 Å². The molecule has 0 radical (unpaired) electrons. The molecule has 0 aliphatic carbocycles. The monoisotopic (exact) mass is 326 g/mol. The summed E-state index contributed by atoms with van der Waals surface area (Å²) in [5.74, 6) is 0. The van der Waals surface area contributed by atoms with Crippen LogP contribution < -0.4 is 103 Å². The maximum Gasteiger partial charge on any atom is 1.00 e. The third kappa shape index (κ3) is 19.0. The molecule has 1 unspecified atom stereocenters. The molecule has 1 atom stereocenters. The molecule has 7 nitrogen and oxygen atoms in total. The van der Waals surface area contributed by atoms with E-state index in [1.807, 2.05) is 0 Å². The first-order chi connectivity index (χ1) is 6.66. The number of hydrogen-bond acceptors (Lipinski definition) is 7. The van der Waals surface area contributed by atoms with Crippen LogP contribution in [0.15, 0.2) is 11.6 Å². The number of rotatable bonds is 6. The molecular weight excluding hydrogens is 315 g/mol. The third-order valence-corrected chi connectivity index (χ3v) is 3.97. The van der Waals surface area contributed by atoms with Gasteiger partial charge in [0, 0.05) is 6.16 Å². The van der Waals surface area contributed by atoms with Gasteiger partial charge in [-0.15, -0.1) is 0 Å². The summed E-state index contributed by atoms with van der Waals surface area (Å²) in [4.78, 5) is 30.9. The van der Waals surface area contributed by atoms with Gasteiger partial charge >= 0.3 is 88.7 Å². The second kappa shape index (κ2) is 13.6. The molecule has 18 heavy (non-hydrogen) atoms. The molecule has 0 heterocycles. The van der Waals surface area contributed by atoms with Gasteiger partial charge in [0.15, 0.2) is 0 Å². The van der Waals surface area contributed by atoms with Crippen LogP contribution in [-0.2, 0) is 13.4 Å². The van der Waals surface area contributed by atoms with Crippen molar-refractivity contribution in [1.82, 2.24) is 0 Å². The summed E-state index contributed by atoms with van der Waals surface area (Å²) >= 11 is 0. The van der Waals surface area contributed by atoms with Crippen LogP contribution in [0.4, 0.5) is 0 Å².